The van der Waals surface area contributed by atoms with Gasteiger partial charge in [0.15, 0.2) is 0 Å². The van der Waals surface area contributed by atoms with Crippen LogP contribution in [0.5, 0.6) is 0 Å². The molecule has 1 heterocycles. The molecule has 0 radical (unpaired) electrons. The van der Waals surface area contributed by atoms with E-state index in [1.54, 1.807) is 66.7 Å². The van der Waals surface area contributed by atoms with Crippen LogP contribution < -0.4 is 5.43 Å². The summed E-state index contributed by atoms with van der Waals surface area (Å²) in [6, 6.07) is 17.2. The highest BCUT2D eigenvalue weighted by Gasteiger charge is 2.63. The Bertz CT molecular complexity index is 1220. The summed E-state index contributed by atoms with van der Waals surface area (Å²) in [7, 11) is 0. The predicted molar refractivity (Wildman–Crippen MR) is 116 cm³/mol. The maximum atomic E-state index is 13.8. The van der Waals surface area contributed by atoms with E-state index in [2.05, 4.69) is 10.2 Å². The van der Waals surface area contributed by atoms with Crippen molar-refractivity contribution in [1.82, 2.24) is 10.4 Å². The Hall–Kier alpha value is -3.43. The molecule has 3 aromatic rings. The maximum Gasteiger partial charge on any atom is 0.438 e. The van der Waals surface area contributed by atoms with Gasteiger partial charge in [0, 0.05) is 10.6 Å². The van der Waals surface area contributed by atoms with Crippen molar-refractivity contribution < 1.29 is 23.1 Å². The largest absolute Gasteiger partial charge is 0.438 e. The van der Waals surface area contributed by atoms with Crippen molar-refractivity contribution in [3.8, 4) is 0 Å². The Balaban J connectivity index is 1.65. The molecule has 0 aliphatic carbocycles. The van der Waals surface area contributed by atoms with Crippen LogP contribution >= 0.6 is 11.6 Å². The van der Waals surface area contributed by atoms with E-state index < -0.39 is 24.4 Å². The van der Waals surface area contributed by atoms with Gasteiger partial charge in [-0.25, -0.2) is 10.2 Å². The highest BCUT2D eigenvalue weighted by atomic mass is 35.5. The standard InChI is InChI=1S/C22H16ClF3N4O2/c23-16-10-8-14(9-11-16)13-27-28-20(31)30-21(32,22(24,25)26)12-19(29-30)18-7-3-5-15-4-1-2-6-17(15)18/h1-11,13,32H,12H2,(H,28,31)/b27-13+. The van der Waals surface area contributed by atoms with Crippen molar-refractivity contribution in [3.05, 3.63) is 82.9 Å². The Morgan fingerprint density at radius 3 is 2.53 bits per heavy atom. The number of nitrogens with one attached hydrogen (secondary N) is 1. The van der Waals surface area contributed by atoms with Crippen molar-refractivity contribution in [3.63, 3.8) is 0 Å². The number of hydrogen-bond acceptors (Lipinski definition) is 4. The zero-order valence-corrected chi connectivity index (χ0v) is 17.1. The Morgan fingerprint density at radius 1 is 1.12 bits per heavy atom. The normalized spacial score (nSPS) is 18.9. The molecule has 1 aliphatic heterocycles. The van der Waals surface area contributed by atoms with E-state index in [1.807, 2.05) is 5.43 Å². The van der Waals surface area contributed by atoms with Gasteiger partial charge in [-0.15, -0.1) is 0 Å². The quantitative estimate of drug-likeness (QED) is 0.431. The Morgan fingerprint density at radius 2 is 1.81 bits per heavy atom. The number of nitrogens with zero attached hydrogens (tertiary/aromatic N) is 3. The van der Waals surface area contributed by atoms with Crippen LogP contribution in [0.4, 0.5) is 18.0 Å². The maximum absolute atomic E-state index is 13.8. The van der Waals surface area contributed by atoms with E-state index in [-0.39, 0.29) is 10.7 Å². The van der Waals surface area contributed by atoms with Crippen LogP contribution in [0.25, 0.3) is 10.8 Å². The van der Waals surface area contributed by atoms with Gasteiger partial charge in [-0.2, -0.15) is 28.4 Å². The summed E-state index contributed by atoms with van der Waals surface area (Å²) in [6.45, 7) is 0. The molecule has 0 saturated carbocycles. The molecule has 4 rings (SSSR count). The van der Waals surface area contributed by atoms with Gasteiger partial charge >= 0.3 is 12.2 Å². The third-order valence-corrected chi connectivity index (χ3v) is 5.23. The van der Waals surface area contributed by atoms with Crippen molar-refractivity contribution in [2.45, 2.75) is 18.3 Å². The molecule has 0 saturated heterocycles. The van der Waals surface area contributed by atoms with Crippen LogP contribution in [0.1, 0.15) is 17.5 Å². The van der Waals surface area contributed by atoms with Crippen LogP contribution in [-0.4, -0.2) is 40.0 Å². The number of rotatable bonds is 3. The lowest BCUT2D eigenvalue weighted by Gasteiger charge is -2.31. The molecule has 0 spiro atoms. The molecule has 0 bridgehead atoms. The summed E-state index contributed by atoms with van der Waals surface area (Å²) in [4.78, 5) is 12.5. The second-order valence-electron chi connectivity index (χ2n) is 7.10. The number of amides is 2. The van der Waals surface area contributed by atoms with Gasteiger partial charge in [0.1, 0.15) is 0 Å². The second kappa shape index (κ2) is 8.25. The highest BCUT2D eigenvalue weighted by Crippen LogP contribution is 2.42. The fourth-order valence-corrected chi connectivity index (χ4v) is 3.49. The minimum atomic E-state index is -5.15. The lowest BCUT2D eigenvalue weighted by atomic mass is 9.96. The number of fused-ring (bicyclic) bond motifs is 1. The molecule has 3 aromatic carbocycles. The molecular weight excluding hydrogens is 445 g/mol. The summed E-state index contributed by atoms with van der Waals surface area (Å²) < 4.78 is 41.4. The fraction of sp³-hybridized carbons (Fsp3) is 0.136. The molecule has 6 nitrogen and oxygen atoms in total. The third kappa shape index (κ3) is 4.04. The number of hydrazone groups is 2. The summed E-state index contributed by atoms with van der Waals surface area (Å²) in [5.41, 5.74) is -0.653. The lowest BCUT2D eigenvalue weighted by Crippen LogP contribution is -2.58. The van der Waals surface area contributed by atoms with Gasteiger partial charge in [-0.05, 0) is 28.5 Å². The first-order valence-corrected chi connectivity index (χ1v) is 9.80. The van der Waals surface area contributed by atoms with Gasteiger partial charge in [0.2, 0.25) is 0 Å². The fourth-order valence-electron chi connectivity index (χ4n) is 3.37. The highest BCUT2D eigenvalue weighted by molar-refractivity contribution is 6.30. The lowest BCUT2D eigenvalue weighted by molar-refractivity contribution is -0.297. The van der Waals surface area contributed by atoms with Crippen molar-refractivity contribution in [1.29, 1.82) is 0 Å². The zero-order valence-electron chi connectivity index (χ0n) is 16.3. The number of aliphatic hydroxyl groups is 1. The Labute approximate surface area is 185 Å². The number of benzene rings is 3. The van der Waals surface area contributed by atoms with Crippen LogP contribution in [0.15, 0.2) is 76.9 Å². The molecule has 0 fully saturated rings. The average Bonchev–Trinajstić information content (AvgIpc) is 3.13. The van der Waals surface area contributed by atoms with E-state index in [1.165, 1.54) is 6.21 Å². The molecule has 32 heavy (non-hydrogen) atoms. The SMILES string of the molecule is O=C(N/N=C/c1ccc(Cl)cc1)N1N=C(c2cccc3ccccc23)CC1(O)C(F)(F)F. The monoisotopic (exact) mass is 460 g/mol. The summed E-state index contributed by atoms with van der Waals surface area (Å²) in [5, 5.41) is 19.9. The zero-order chi connectivity index (χ0) is 22.9. The van der Waals surface area contributed by atoms with Gasteiger partial charge in [0.05, 0.1) is 18.3 Å². The minimum absolute atomic E-state index is 0.0106. The third-order valence-electron chi connectivity index (χ3n) is 4.98. The number of urea groups is 1. The number of carbonyl (C=O) groups excluding carboxylic acids is 1. The van der Waals surface area contributed by atoms with Crippen molar-refractivity contribution in [2.24, 2.45) is 10.2 Å². The molecule has 1 atom stereocenters. The second-order valence-corrected chi connectivity index (χ2v) is 7.54. The number of hydrogen-bond donors (Lipinski definition) is 2. The van der Waals surface area contributed by atoms with Crippen molar-refractivity contribution in [2.75, 3.05) is 0 Å². The molecule has 164 valence electrons. The number of halogens is 4. The molecule has 1 aliphatic rings. The van der Waals surface area contributed by atoms with Crippen LogP contribution in [0.2, 0.25) is 5.02 Å². The smallest absolute Gasteiger partial charge is 0.362 e. The van der Waals surface area contributed by atoms with Crippen LogP contribution in [0.3, 0.4) is 0 Å². The molecule has 0 aromatic heterocycles. The first-order valence-electron chi connectivity index (χ1n) is 9.42. The van der Waals surface area contributed by atoms with Gasteiger partial charge in [0.25, 0.3) is 5.72 Å². The minimum Gasteiger partial charge on any atom is -0.362 e. The first-order chi connectivity index (χ1) is 15.2. The van der Waals surface area contributed by atoms with E-state index in [4.69, 9.17) is 11.6 Å². The Kier molecular flexibility index (Phi) is 5.62. The van der Waals surface area contributed by atoms with Crippen LogP contribution in [-0.2, 0) is 0 Å². The molecule has 1 unspecified atom stereocenters. The van der Waals surface area contributed by atoms with E-state index in [9.17, 15) is 23.1 Å². The molecule has 2 N–H and O–H groups in total. The van der Waals surface area contributed by atoms with Crippen LogP contribution in [0, 0.1) is 0 Å². The first kappa shape index (κ1) is 21.8. The molecular formula is C22H16ClF3N4O2. The van der Waals surface area contributed by atoms with E-state index in [0.717, 1.165) is 5.39 Å². The van der Waals surface area contributed by atoms with Gasteiger partial charge in [-0.1, -0.05) is 66.2 Å². The molecule has 2 amide bonds. The molecule has 10 heteroatoms. The summed E-state index contributed by atoms with van der Waals surface area (Å²) in [5.74, 6) is 0. The van der Waals surface area contributed by atoms with Gasteiger partial charge in [-0.3, -0.25) is 0 Å². The summed E-state index contributed by atoms with van der Waals surface area (Å²) >= 11 is 5.79. The summed E-state index contributed by atoms with van der Waals surface area (Å²) in [6.07, 6.45) is -4.84. The van der Waals surface area contributed by atoms with Gasteiger partial charge < -0.3 is 5.11 Å². The topological polar surface area (TPSA) is 77.3 Å². The van der Waals surface area contributed by atoms with E-state index >= 15 is 0 Å². The number of alkyl halides is 3. The van der Waals surface area contributed by atoms with Crippen molar-refractivity contribution >= 4 is 40.3 Å². The number of carbonyl (C=O) groups is 1. The predicted octanol–water partition coefficient (Wildman–Crippen LogP) is 4.90. The average molecular weight is 461 g/mol. The van der Waals surface area contributed by atoms with E-state index in [0.29, 0.717) is 21.5 Å².